The molecule has 5 N–H and O–H groups in total. The zero-order chi connectivity index (χ0) is 19.1. The molecule has 27 heavy (non-hydrogen) atoms. The molecule has 0 saturated carbocycles. The highest BCUT2D eigenvalue weighted by Gasteiger charge is 2.14. The molecular formula is C18H24N8O. The monoisotopic (exact) mass is 368 g/mol. The normalized spacial score (nSPS) is 15.5. The molecule has 0 spiro atoms. The van der Waals surface area contributed by atoms with Gasteiger partial charge in [0, 0.05) is 30.4 Å². The van der Waals surface area contributed by atoms with Gasteiger partial charge in [-0.15, -0.1) is 0 Å². The van der Waals surface area contributed by atoms with Crippen LogP contribution in [-0.2, 0) is 0 Å². The summed E-state index contributed by atoms with van der Waals surface area (Å²) in [6, 6.07) is 7.50. The maximum absolute atomic E-state index is 11.8. The third-order valence-corrected chi connectivity index (χ3v) is 3.75. The molecule has 9 nitrogen and oxygen atoms in total. The van der Waals surface area contributed by atoms with Crippen molar-refractivity contribution in [2.75, 3.05) is 22.5 Å². The molecule has 9 heteroatoms. The molecule has 1 aromatic heterocycles. The Kier molecular flexibility index (Phi) is 6.03. The molecule has 0 aliphatic carbocycles. The number of hydrogen-bond acceptors (Lipinski definition) is 7. The summed E-state index contributed by atoms with van der Waals surface area (Å²) in [6.07, 6.45) is 4.98. The molecule has 142 valence electrons. The summed E-state index contributed by atoms with van der Waals surface area (Å²) in [4.78, 5) is 20.5. The highest BCUT2D eigenvalue weighted by atomic mass is 16.2. The number of urea groups is 1. The van der Waals surface area contributed by atoms with E-state index in [1.165, 1.54) is 0 Å². The van der Waals surface area contributed by atoms with Crippen LogP contribution >= 0.6 is 0 Å². The molecule has 0 saturated heterocycles. The maximum Gasteiger partial charge on any atom is 0.319 e. The fourth-order valence-electron chi connectivity index (χ4n) is 2.52. The highest BCUT2D eigenvalue weighted by molar-refractivity contribution is 5.95. The Bertz CT molecular complexity index is 823. The number of anilines is 4. The summed E-state index contributed by atoms with van der Waals surface area (Å²) < 4.78 is 0. The van der Waals surface area contributed by atoms with Gasteiger partial charge in [-0.3, -0.25) is 4.98 Å². The summed E-state index contributed by atoms with van der Waals surface area (Å²) in [5, 5.41) is 16.1. The summed E-state index contributed by atoms with van der Waals surface area (Å²) in [5.41, 5.74) is 4.49. The number of hydrogen-bond donors (Lipinski definition) is 5. The quantitative estimate of drug-likeness (QED) is 0.535. The summed E-state index contributed by atoms with van der Waals surface area (Å²) in [5.74, 6) is 2.04. The number of benzene rings is 1. The minimum absolute atomic E-state index is 0.222. The van der Waals surface area contributed by atoms with E-state index in [0.29, 0.717) is 29.9 Å². The number of amidine groups is 1. The lowest BCUT2D eigenvalue weighted by molar-refractivity contribution is 0.252. The molecule has 2 aromatic rings. The zero-order valence-electron chi connectivity index (χ0n) is 15.4. The lowest BCUT2D eigenvalue weighted by atomic mass is 10.2. The van der Waals surface area contributed by atoms with E-state index in [1.807, 2.05) is 31.2 Å². The zero-order valence-corrected chi connectivity index (χ0v) is 15.4. The summed E-state index contributed by atoms with van der Waals surface area (Å²) in [6.45, 7) is 4.70. The predicted molar refractivity (Wildman–Crippen MR) is 107 cm³/mol. The van der Waals surface area contributed by atoms with Crippen molar-refractivity contribution in [2.24, 2.45) is 5.10 Å². The molecule has 3 rings (SSSR count). The van der Waals surface area contributed by atoms with Gasteiger partial charge in [-0.2, -0.15) is 5.10 Å². The van der Waals surface area contributed by atoms with Crippen molar-refractivity contribution in [2.45, 2.75) is 32.7 Å². The Hall–Kier alpha value is -3.36. The number of carbonyl (C=O) groups is 1. The first-order valence-electron chi connectivity index (χ1n) is 8.95. The highest BCUT2D eigenvalue weighted by Crippen LogP contribution is 2.19. The third-order valence-electron chi connectivity index (χ3n) is 3.75. The average Bonchev–Trinajstić information content (AvgIpc) is 3.05. The first-order valence-corrected chi connectivity index (χ1v) is 8.95. The van der Waals surface area contributed by atoms with Crippen LogP contribution in [0.1, 0.15) is 26.7 Å². The second kappa shape index (κ2) is 8.84. The second-order valence-corrected chi connectivity index (χ2v) is 6.29. The molecule has 1 aromatic carbocycles. The molecule has 0 bridgehead atoms. The number of carbonyl (C=O) groups excluding carboxylic acids is 1. The van der Waals surface area contributed by atoms with Crippen LogP contribution in [0.25, 0.3) is 0 Å². The van der Waals surface area contributed by atoms with Crippen molar-refractivity contribution in [3.63, 3.8) is 0 Å². The smallest absolute Gasteiger partial charge is 0.319 e. The van der Waals surface area contributed by atoms with Gasteiger partial charge >= 0.3 is 6.03 Å². The van der Waals surface area contributed by atoms with Crippen LogP contribution < -0.4 is 26.7 Å². The Morgan fingerprint density at radius 2 is 2.00 bits per heavy atom. The van der Waals surface area contributed by atoms with Crippen molar-refractivity contribution < 1.29 is 4.79 Å². The van der Waals surface area contributed by atoms with E-state index < -0.39 is 0 Å². The van der Waals surface area contributed by atoms with Gasteiger partial charge in [-0.1, -0.05) is 13.0 Å². The van der Waals surface area contributed by atoms with E-state index in [-0.39, 0.29) is 6.03 Å². The SMILES string of the molecule is CCCNC(=O)Nc1cccc(Nc2cncc(NC3=NNC(C)C3)n2)c1. The van der Waals surface area contributed by atoms with Crippen molar-refractivity contribution in [3.8, 4) is 0 Å². The van der Waals surface area contributed by atoms with Gasteiger partial charge in [0.05, 0.1) is 12.4 Å². The Morgan fingerprint density at radius 3 is 2.74 bits per heavy atom. The third kappa shape index (κ3) is 5.56. The van der Waals surface area contributed by atoms with Gasteiger partial charge in [0.25, 0.3) is 0 Å². The van der Waals surface area contributed by atoms with Crippen molar-refractivity contribution in [3.05, 3.63) is 36.7 Å². The average molecular weight is 368 g/mol. The van der Waals surface area contributed by atoms with E-state index in [9.17, 15) is 4.79 Å². The lowest BCUT2D eigenvalue weighted by Crippen LogP contribution is -2.29. The van der Waals surface area contributed by atoms with Gasteiger partial charge in [-0.25, -0.2) is 9.78 Å². The Balaban J connectivity index is 1.62. The largest absolute Gasteiger partial charge is 0.339 e. The van der Waals surface area contributed by atoms with Gasteiger partial charge in [0.2, 0.25) is 0 Å². The number of hydrazone groups is 1. The van der Waals surface area contributed by atoms with Crippen LogP contribution in [0.15, 0.2) is 41.8 Å². The van der Waals surface area contributed by atoms with E-state index in [2.05, 4.69) is 48.7 Å². The first kappa shape index (κ1) is 18.4. The summed E-state index contributed by atoms with van der Waals surface area (Å²) >= 11 is 0. The van der Waals surface area contributed by atoms with Gasteiger partial charge in [0.1, 0.15) is 5.84 Å². The molecule has 1 aliphatic heterocycles. The fraction of sp³-hybridized carbons (Fsp3) is 0.333. The van der Waals surface area contributed by atoms with Crippen molar-refractivity contribution in [1.82, 2.24) is 20.7 Å². The number of nitrogens with one attached hydrogen (secondary N) is 5. The van der Waals surface area contributed by atoms with E-state index in [0.717, 1.165) is 24.4 Å². The standard InChI is InChI=1S/C18H24N8O/c1-3-7-20-18(27)22-14-6-4-5-13(9-14)21-16-10-19-11-17(24-16)23-15-8-12(2)25-26-15/h4-6,9-12,25H,3,7-8H2,1-2H3,(H2,20,22,27)(H2,21,23,24,26). The van der Waals surface area contributed by atoms with E-state index in [1.54, 1.807) is 12.4 Å². The number of nitrogens with zero attached hydrogens (tertiary/aromatic N) is 3. The lowest BCUT2D eigenvalue weighted by Gasteiger charge is -2.11. The molecule has 1 unspecified atom stereocenters. The molecule has 1 atom stereocenters. The van der Waals surface area contributed by atoms with Crippen molar-refractivity contribution in [1.29, 1.82) is 0 Å². The van der Waals surface area contributed by atoms with Gasteiger partial charge in [-0.05, 0) is 31.5 Å². The van der Waals surface area contributed by atoms with Gasteiger partial charge < -0.3 is 26.7 Å². The Morgan fingerprint density at radius 1 is 1.22 bits per heavy atom. The number of amides is 2. The molecule has 2 heterocycles. The van der Waals surface area contributed by atoms with Crippen LogP contribution in [0, 0.1) is 0 Å². The van der Waals surface area contributed by atoms with E-state index >= 15 is 0 Å². The minimum Gasteiger partial charge on any atom is -0.339 e. The molecule has 0 radical (unpaired) electrons. The van der Waals surface area contributed by atoms with Crippen LogP contribution in [0.4, 0.5) is 27.8 Å². The topological polar surface area (TPSA) is 115 Å². The van der Waals surface area contributed by atoms with Gasteiger partial charge in [0.15, 0.2) is 11.6 Å². The predicted octanol–water partition coefficient (Wildman–Crippen LogP) is 2.86. The maximum atomic E-state index is 11.8. The van der Waals surface area contributed by atoms with Crippen LogP contribution in [0.5, 0.6) is 0 Å². The second-order valence-electron chi connectivity index (χ2n) is 6.29. The fourth-order valence-corrected chi connectivity index (χ4v) is 2.52. The molecule has 2 amide bonds. The minimum atomic E-state index is -0.222. The van der Waals surface area contributed by atoms with Crippen molar-refractivity contribution >= 4 is 34.9 Å². The van der Waals surface area contributed by atoms with E-state index in [4.69, 9.17) is 0 Å². The number of aromatic nitrogens is 2. The first-order chi connectivity index (χ1) is 13.1. The Labute approximate surface area is 158 Å². The van der Waals surface area contributed by atoms with Crippen LogP contribution in [-0.4, -0.2) is 34.4 Å². The summed E-state index contributed by atoms with van der Waals surface area (Å²) in [7, 11) is 0. The van der Waals surface area contributed by atoms with Crippen LogP contribution in [0.3, 0.4) is 0 Å². The molecular weight excluding hydrogens is 344 g/mol. The molecule has 0 fully saturated rings. The molecule has 1 aliphatic rings. The number of rotatable bonds is 6. The van der Waals surface area contributed by atoms with Crippen LogP contribution in [0.2, 0.25) is 0 Å².